The number of hydrogen-bond acceptors (Lipinski definition) is 2. The summed E-state index contributed by atoms with van der Waals surface area (Å²) in [5.41, 5.74) is 4.40. The van der Waals surface area contributed by atoms with E-state index in [-0.39, 0.29) is 23.3 Å². The van der Waals surface area contributed by atoms with Crippen molar-refractivity contribution in [3.8, 4) is 0 Å². The summed E-state index contributed by atoms with van der Waals surface area (Å²) >= 11 is 0. The molecule has 0 bridgehead atoms. The normalized spacial score (nSPS) is 11.9. The zero-order valence-electron chi connectivity index (χ0n) is 28.6. The van der Waals surface area contributed by atoms with Crippen molar-refractivity contribution in [2.45, 2.75) is 176 Å². The highest BCUT2D eigenvalue weighted by molar-refractivity contribution is 8.93. The maximum absolute atomic E-state index is 6.23. The van der Waals surface area contributed by atoms with Gasteiger partial charge >= 0.3 is 0 Å². The second kappa shape index (κ2) is 30.8. The van der Waals surface area contributed by atoms with E-state index in [4.69, 9.17) is 9.47 Å². The van der Waals surface area contributed by atoms with Gasteiger partial charge in [0.2, 0.25) is 0 Å². The zero-order valence-corrected chi connectivity index (χ0v) is 31.3. The van der Waals surface area contributed by atoms with E-state index in [1.54, 1.807) is 5.30 Å². The molecule has 0 aliphatic rings. The Morgan fingerprint density at radius 3 is 1.67 bits per heavy atom. The highest BCUT2D eigenvalue weighted by atomic mass is 79.9. The van der Waals surface area contributed by atoms with Crippen LogP contribution in [0.5, 0.6) is 0 Å². The molecule has 0 N–H and O–H groups in total. The minimum Gasteiger partial charge on any atom is -0.353 e. The molecule has 0 aliphatic carbocycles. The Hall–Kier alpha value is -0.210. The van der Waals surface area contributed by atoms with E-state index in [0.29, 0.717) is 0 Å². The molecule has 0 saturated heterocycles. The first-order valence-electron chi connectivity index (χ1n) is 17.8. The lowest BCUT2D eigenvalue weighted by atomic mass is 10.1. The number of ether oxygens (including phenoxy) is 2. The Balaban J connectivity index is 0.0000168. The molecule has 4 heteroatoms. The maximum Gasteiger partial charge on any atom is 0.157 e. The molecule has 1 aromatic rings. The molecule has 1 unspecified atom stereocenters. The van der Waals surface area contributed by atoms with Gasteiger partial charge in [-0.1, -0.05) is 130 Å². The van der Waals surface area contributed by atoms with Crippen molar-refractivity contribution >= 4 is 30.9 Å². The van der Waals surface area contributed by atoms with Crippen molar-refractivity contribution in [3.05, 3.63) is 41.0 Å². The first-order chi connectivity index (χ1) is 20.1. The van der Waals surface area contributed by atoms with Gasteiger partial charge in [0.1, 0.15) is 0 Å². The van der Waals surface area contributed by atoms with Gasteiger partial charge in [0.05, 0.1) is 0 Å². The lowest BCUT2D eigenvalue weighted by Gasteiger charge is -2.19. The summed E-state index contributed by atoms with van der Waals surface area (Å²) in [5, 5.41) is 1.56. The topological polar surface area (TPSA) is 18.5 Å². The van der Waals surface area contributed by atoms with Gasteiger partial charge in [-0.3, -0.25) is 0 Å². The van der Waals surface area contributed by atoms with E-state index < -0.39 is 0 Å². The van der Waals surface area contributed by atoms with Crippen molar-refractivity contribution in [2.24, 2.45) is 0 Å². The second-order valence-corrected chi connectivity index (χ2v) is 13.7. The molecule has 0 amide bonds. The average Bonchev–Trinajstić information content (AvgIpc) is 2.97. The van der Waals surface area contributed by atoms with Crippen LogP contribution < -0.4 is 5.30 Å². The van der Waals surface area contributed by atoms with Gasteiger partial charge in [-0.2, -0.15) is 0 Å². The second-order valence-electron chi connectivity index (χ2n) is 12.3. The van der Waals surface area contributed by atoms with E-state index in [0.717, 1.165) is 28.2 Å². The van der Waals surface area contributed by atoms with E-state index in [1.807, 2.05) is 0 Å². The smallest absolute Gasteiger partial charge is 0.157 e. The number of benzene rings is 1. The maximum atomic E-state index is 6.23. The average molecular weight is 670 g/mol. The lowest BCUT2D eigenvalue weighted by molar-refractivity contribution is -0.148. The number of rotatable bonds is 29. The van der Waals surface area contributed by atoms with E-state index >= 15 is 0 Å². The fourth-order valence-electron chi connectivity index (χ4n) is 5.34. The predicted octanol–water partition coefficient (Wildman–Crippen LogP) is 12.6. The number of halogens is 1. The fraction of sp³-hybridized carbons (Fsp3) is 0.789. The molecule has 42 heavy (non-hydrogen) atoms. The Morgan fingerprint density at radius 2 is 1.10 bits per heavy atom. The monoisotopic (exact) mass is 668 g/mol. The van der Waals surface area contributed by atoms with Gasteiger partial charge in [0.15, 0.2) is 6.29 Å². The first-order valence-corrected chi connectivity index (χ1v) is 19.0. The minimum absolute atomic E-state index is 0. The summed E-state index contributed by atoms with van der Waals surface area (Å²) in [6, 6.07) is 4.63. The molecule has 0 fully saturated rings. The third-order valence-corrected chi connectivity index (χ3v) is 10.0. The number of hydrogen-bond donors (Lipinski definition) is 0. The van der Waals surface area contributed by atoms with Gasteiger partial charge in [-0.05, 0) is 100 Å². The summed E-state index contributed by atoms with van der Waals surface area (Å²) in [7, 11) is 0.945. The van der Waals surface area contributed by atoms with E-state index in [9.17, 15) is 0 Å². The molecule has 0 aliphatic heterocycles. The van der Waals surface area contributed by atoms with E-state index in [1.165, 1.54) is 151 Å². The van der Waals surface area contributed by atoms with Crippen LogP contribution in [0, 0.1) is 20.8 Å². The number of allylic oxidation sites excluding steroid dienone is 2. The largest absolute Gasteiger partial charge is 0.353 e. The van der Waals surface area contributed by atoms with Crippen molar-refractivity contribution < 1.29 is 9.47 Å². The third kappa shape index (κ3) is 23.2. The van der Waals surface area contributed by atoms with Crippen LogP contribution in [0.15, 0.2) is 24.3 Å². The standard InChI is InChI=1S/C38H69O2P.BrH/c1-6-8-10-12-17-21-25-31-39-38(40-32-26-22-18-13-11-9-7-2)28-24-20-16-14-15-19-23-27-33-41-37-30-29-34(3)35(4)36(37)5;/h15,19,29-30,38,41H,6-14,16-18,20-28,31-33H2,1-5H3;1H. The van der Waals surface area contributed by atoms with Gasteiger partial charge in [0.25, 0.3) is 0 Å². The van der Waals surface area contributed by atoms with Crippen molar-refractivity contribution in [2.75, 3.05) is 19.4 Å². The number of aryl methyl sites for hydroxylation is 1. The summed E-state index contributed by atoms with van der Waals surface area (Å²) in [6.07, 6.45) is 33.3. The van der Waals surface area contributed by atoms with Gasteiger partial charge in [-0.25, -0.2) is 0 Å². The first kappa shape index (κ1) is 41.8. The van der Waals surface area contributed by atoms with Gasteiger partial charge < -0.3 is 9.47 Å². The van der Waals surface area contributed by atoms with Crippen molar-refractivity contribution in [1.29, 1.82) is 0 Å². The SMILES string of the molecule is Br.CCCCCCCCCOC(CCCCCC=CCCCPc1ccc(C)c(C)c1C)OCCCCCCCCC. The highest BCUT2D eigenvalue weighted by Gasteiger charge is 2.09. The summed E-state index contributed by atoms with van der Waals surface area (Å²) in [6.45, 7) is 13.1. The Kier molecular flexibility index (Phi) is 30.6. The lowest BCUT2D eigenvalue weighted by Crippen LogP contribution is -2.19. The van der Waals surface area contributed by atoms with Gasteiger partial charge in [-0.15, -0.1) is 17.0 Å². The summed E-state index contributed by atoms with van der Waals surface area (Å²) in [4.78, 5) is 0. The van der Waals surface area contributed by atoms with Crippen LogP contribution in [-0.4, -0.2) is 25.7 Å². The molecule has 1 aromatic carbocycles. The molecular weight excluding hydrogens is 599 g/mol. The van der Waals surface area contributed by atoms with Crippen LogP contribution in [0.3, 0.4) is 0 Å². The molecule has 0 radical (unpaired) electrons. The Morgan fingerprint density at radius 1 is 0.595 bits per heavy atom. The van der Waals surface area contributed by atoms with Gasteiger partial charge in [0, 0.05) is 13.2 Å². The summed E-state index contributed by atoms with van der Waals surface area (Å²) in [5.74, 6) is 0. The molecule has 1 atom stereocenters. The number of unbranched alkanes of at least 4 members (excludes halogenated alkanes) is 16. The molecule has 1 rings (SSSR count). The Labute approximate surface area is 275 Å². The van der Waals surface area contributed by atoms with E-state index in [2.05, 4.69) is 58.9 Å². The molecular formula is C38H70BrO2P. The van der Waals surface area contributed by atoms with Crippen LogP contribution in [0.4, 0.5) is 0 Å². The van der Waals surface area contributed by atoms with Crippen molar-refractivity contribution in [3.63, 3.8) is 0 Å². The molecule has 0 aromatic heterocycles. The molecule has 0 saturated carbocycles. The van der Waals surface area contributed by atoms with Crippen molar-refractivity contribution in [1.82, 2.24) is 0 Å². The molecule has 0 heterocycles. The van der Waals surface area contributed by atoms with Crippen LogP contribution >= 0.6 is 25.6 Å². The molecule has 2 nitrogen and oxygen atoms in total. The predicted molar refractivity (Wildman–Crippen MR) is 197 cm³/mol. The molecule has 246 valence electrons. The van der Waals surface area contributed by atoms with Crippen LogP contribution in [0.2, 0.25) is 0 Å². The zero-order chi connectivity index (χ0) is 29.8. The Bertz CT molecular complexity index is 731. The third-order valence-electron chi connectivity index (χ3n) is 8.50. The van der Waals surface area contributed by atoms with Crippen LogP contribution in [0.25, 0.3) is 0 Å². The minimum atomic E-state index is 0. The highest BCUT2D eigenvalue weighted by Crippen LogP contribution is 2.20. The van der Waals surface area contributed by atoms with Crippen LogP contribution in [-0.2, 0) is 9.47 Å². The quantitative estimate of drug-likeness (QED) is 0.0366. The fourth-order valence-corrected chi connectivity index (χ4v) is 6.64. The summed E-state index contributed by atoms with van der Waals surface area (Å²) < 4.78 is 12.5. The van der Waals surface area contributed by atoms with Crippen LogP contribution in [0.1, 0.15) is 165 Å². The molecule has 0 spiro atoms.